The minimum Gasteiger partial charge on any atom is -0.493 e. The zero-order valence-electron chi connectivity index (χ0n) is 12.7. The second-order valence-electron chi connectivity index (χ2n) is 5.34. The minimum atomic E-state index is -0.731. The number of nitrogens with one attached hydrogen (secondary N) is 1. The second kappa shape index (κ2) is 9.79. The van der Waals surface area contributed by atoms with Gasteiger partial charge in [0, 0.05) is 29.0 Å². The normalized spacial score (nSPS) is 10.9. The third-order valence-corrected chi connectivity index (χ3v) is 3.51. The van der Waals surface area contributed by atoms with Crippen LogP contribution in [0.3, 0.4) is 0 Å². The van der Waals surface area contributed by atoms with Crippen molar-refractivity contribution in [2.24, 2.45) is 0 Å². The second-order valence-corrected chi connectivity index (χ2v) is 6.26. The molecule has 1 rings (SSSR count). The van der Waals surface area contributed by atoms with Crippen LogP contribution in [0, 0.1) is 0 Å². The third kappa shape index (κ3) is 8.07. The van der Waals surface area contributed by atoms with Gasteiger partial charge in [-0.15, -0.1) is 0 Å². The lowest BCUT2D eigenvalue weighted by atomic mass is 10.2. The Morgan fingerprint density at radius 3 is 2.76 bits per heavy atom. The van der Waals surface area contributed by atoms with Crippen LogP contribution in [0.4, 0.5) is 0 Å². The molecule has 0 aliphatic rings. The van der Waals surface area contributed by atoms with Gasteiger partial charge in [0.25, 0.3) is 0 Å². The molecule has 2 N–H and O–H groups in total. The van der Waals surface area contributed by atoms with E-state index in [-0.39, 0.29) is 6.42 Å². The van der Waals surface area contributed by atoms with E-state index in [1.54, 1.807) is 0 Å². The highest BCUT2D eigenvalue weighted by molar-refractivity contribution is 9.10. The van der Waals surface area contributed by atoms with Crippen LogP contribution in [0.1, 0.15) is 45.1 Å². The summed E-state index contributed by atoms with van der Waals surface area (Å²) in [6.07, 6.45) is 2.70. The molecule has 1 aromatic carbocycles. The van der Waals surface area contributed by atoms with E-state index in [0.29, 0.717) is 19.1 Å². The van der Waals surface area contributed by atoms with Crippen molar-refractivity contribution >= 4 is 21.9 Å². The molecular weight excluding hydrogens is 334 g/mol. The SMILES string of the molecule is CC(C)NCc1cc(Br)ccc1OCCCCCC(=O)O. The Kier molecular flexibility index (Phi) is 8.38. The number of halogens is 1. The van der Waals surface area contributed by atoms with Crippen LogP contribution in [-0.4, -0.2) is 23.7 Å². The first-order chi connectivity index (χ1) is 9.99. The number of carboxylic acids is 1. The average molecular weight is 358 g/mol. The summed E-state index contributed by atoms with van der Waals surface area (Å²) in [6, 6.07) is 6.43. The first kappa shape index (κ1) is 18.0. The van der Waals surface area contributed by atoms with E-state index in [0.717, 1.165) is 35.2 Å². The zero-order chi connectivity index (χ0) is 15.7. The van der Waals surface area contributed by atoms with Gasteiger partial charge in [-0.2, -0.15) is 0 Å². The first-order valence-electron chi connectivity index (χ1n) is 7.35. The Balaban J connectivity index is 2.40. The Labute approximate surface area is 135 Å². The molecule has 0 saturated carbocycles. The molecule has 0 unspecified atom stereocenters. The molecule has 21 heavy (non-hydrogen) atoms. The number of hydrogen-bond acceptors (Lipinski definition) is 3. The zero-order valence-corrected chi connectivity index (χ0v) is 14.3. The van der Waals surface area contributed by atoms with Gasteiger partial charge in [0.2, 0.25) is 0 Å². The summed E-state index contributed by atoms with van der Waals surface area (Å²) in [5.74, 6) is 0.162. The molecule has 118 valence electrons. The number of hydrogen-bond donors (Lipinski definition) is 2. The number of carboxylic acid groups (broad SMARTS) is 1. The van der Waals surface area contributed by atoms with Crippen LogP contribution in [0.15, 0.2) is 22.7 Å². The molecule has 5 heteroatoms. The lowest BCUT2D eigenvalue weighted by molar-refractivity contribution is -0.137. The van der Waals surface area contributed by atoms with E-state index in [9.17, 15) is 4.79 Å². The van der Waals surface area contributed by atoms with Gasteiger partial charge in [-0.25, -0.2) is 0 Å². The summed E-state index contributed by atoms with van der Waals surface area (Å²) in [7, 11) is 0. The van der Waals surface area contributed by atoms with Gasteiger partial charge in [0.15, 0.2) is 0 Å². The fourth-order valence-corrected chi connectivity index (χ4v) is 2.29. The summed E-state index contributed by atoms with van der Waals surface area (Å²) in [6.45, 7) is 5.61. The van der Waals surface area contributed by atoms with Crippen LogP contribution in [0.5, 0.6) is 5.75 Å². The van der Waals surface area contributed by atoms with Crippen molar-refractivity contribution in [3.05, 3.63) is 28.2 Å². The van der Waals surface area contributed by atoms with Gasteiger partial charge < -0.3 is 15.2 Å². The molecule has 0 aliphatic carbocycles. The van der Waals surface area contributed by atoms with Crippen molar-refractivity contribution < 1.29 is 14.6 Å². The lowest BCUT2D eigenvalue weighted by Crippen LogP contribution is -2.22. The van der Waals surface area contributed by atoms with Crippen LogP contribution >= 0.6 is 15.9 Å². The standard InChI is InChI=1S/C16H24BrNO3/c1-12(2)18-11-13-10-14(17)7-8-15(13)21-9-5-3-4-6-16(19)20/h7-8,10,12,18H,3-6,9,11H2,1-2H3,(H,19,20). The molecule has 0 amide bonds. The summed E-state index contributed by atoms with van der Waals surface area (Å²) < 4.78 is 6.86. The lowest BCUT2D eigenvalue weighted by Gasteiger charge is -2.14. The Hall–Kier alpha value is -1.07. The highest BCUT2D eigenvalue weighted by Crippen LogP contribution is 2.23. The molecule has 1 aromatic rings. The maximum Gasteiger partial charge on any atom is 0.303 e. The molecule has 0 heterocycles. The summed E-state index contributed by atoms with van der Waals surface area (Å²) in [5, 5.41) is 12.0. The molecular formula is C16H24BrNO3. The van der Waals surface area contributed by atoms with E-state index in [2.05, 4.69) is 41.2 Å². The maximum absolute atomic E-state index is 10.4. The Bertz CT molecular complexity index is 449. The maximum atomic E-state index is 10.4. The van der Waals surface area contributed by atoms with Crippen LogP contribution < -0.4 is 10.1 Å². The van der Waals surface area contributed by atoms with Gasteiger partial charge in [0.05, 0.1) is 6.61 Å². The summed E-state index contributed by atoms with van der Waals surface area (Å²) in [4.78, 5) is 10.4. The van der Waals surface area contributed by atoms with Gasteiger partial charge in [-0.05, 0) is 37.5 Å². The fraction of sp³-hybridized carbons (Fsp3) is 0.562. The minimum absolute atomic E-state index is 0.238. The van der Waals surface area contributed by atoms with E-state index < -0.39 is 5.97 Å². The number of rotatable bonds is 10. The van der Waals surface area contributed by atoms with E-state index in [1.165, 1.54) is 0 Å². The molecule has 0 fully saturated rings. The number of benzene rings is 1. The molecule has 0 aromatic heterocycles. The number of ether oxygens (including phenoxy) is 1. The van der Waals surface area contributed by atoms with Crippen LogP contribution in [0.25, 0.3) is 0 Å². The quantitative estimate of drug-likeness (QED) is 0.622. The monoisotopic (exact) mass is 357 g/mol. The molecule has 0 saturated heterocycles. The number of aliphatic carboxylic acids is 1. The number of carbonyl (C=O) groups is 1. The van der Waals surface area contributed by atoms with Gasteiger partial charge in [0.1, 0.15) is 5.75 Å². The van der Waals surface area contributed by atoms with E-state index >= 15 is 0 Å². The van der Waals surface area contributed by atoms with E-state index in [4.69, 9.17) is 9.84 Å². The Morgan fingerprint density at radius 1 is 1.33 bits per heavy atom. The van der Waals surface area contributed by atoms with Gasteiger partial charge >= 0.3 is 5.97 Å². The molecule has 0 spiro atoms. The summed E-state index contributed by atoms with van der Waals surface area (Å²) in [5.41, 5.74) is 1.13. The average Bonchev–Trinajstić information content (AvgIpc) is 2.41. The van der Waals surface area contributed by atoms with E-state index in [1.807, 2.05) is 12.1 Å². The van der Waals surface area contributed by atoms with Crippen molar-refractivity contribution in [1.82, 2.24) is 5.32 Å². The van der Waals surface area contributed by atoms with Crippen LogP contribution in [-0.2, 0) is 11.3 Å². The van der Waals surface area contributed by atoms with Crippen molar-refractivity contribution in [3.8, 4) is 5.75 Å². The smallest absolute Gasteiger partial charge is 0.303 e. The molecule has 0 atom stereocenters. The van der Waals surface area contributed by atoms with Gasteiger partial charge in [-0.1, -0.05) is 29.8 Å². The van der Waals surface area contributed by atoms with Crippen molar-refractivity contribution in [2.75, 3.05) is 6.61 Å². The molecule has 0 bridgehead atoms. The van der Waals surface area contributed by atoms with Crippen molar-refractivity contribution in [2.45, 2.75) is 52.1 Å². The van der Waals surface area contributed by atoms with Gasteiger partial charge in [-0.3, -0.25) is 4.79 Å². The highest BCUT2D eigenvalue weighted by Gasteiger charge is 2.06. The summed E-state index contributed by atoms with van der Waals surface area (Å²) >= 11 is 3.48. The van der Waals surface area contributed by atoms with Crippen LogP contribution in [0.2, 0.25) is 0 Å². The largest absolute Gasteiger partial charge is 0.493 e. The fourth-order valence-electron chi connectivity index (χ4n) is 1.88. The predicted molar refractivity (Wildman–Crippen MR) is 87.7 cm³/mol. The van der Waals surface area contributed by atoms with Crippen molar-refractivity contribution in [3.63, 3.8) is 0 Å². The first-order valence-corrected chi connectivity index (χ1v) is 8.14. The van der Waals surface area contributed by atoms with Crippen molar-refractivity contribution in [1.29, 1.82) is 0 Å². The molecule has 0 radical (unpaired) electrons. The molecule has 4 nitrogen and oxygen atoms in total. The topological polar surface area (TPSA) is 58.6 Å². The predicted octanol–water partition coefficient (Wildman–Crippen LogP) is 3.97. The molecule has 0 aliphatic heterocycles. The Morgan fingerprint density at radius 2 is 2.10 bits per heavy atom. The highest BCUT2D eigenvalue weighted by atomic mass is 79.9. The third-order valence-electron chi connectivity index (χ3n) is 3.02. The number of unbranched alkanes of at least 4 members (excludes halogenated alkanes) is 2.